The van der Waals surface area contributed by atoms with Crippen molar-refractivity contribution < 1.29 is 28.6 Å². The van der Waals surface area contributed by atoms with E-state index in [2.05, 4.69) is 28.2 Å². The molecule has 0 saturated heterocycles. The maximum absolute atomic E-state index is 11.4. The first-order chi connectivity index (χ1) is 11.0. The first-order valence-corrected chi connectivity index (χ1v) is 7.65. The maximum Gasteiger partial charge on any atom is 0.285 e. The fraction of sp³-hybridized carbons (Fsp3) is 0.769. The van der Waals surface area contributed by atoms with Crippen LogP contribution in [0.5, 0.6) is 0 Å². The second-order valence-corrected chi connectivity index (χ2v) is 4.70. The van der Waals surface area contributed by atoms with E-state index < -0.39 is 5.97 Å². The Hall–Kier alpha value is -1.20. The standard InChI is InChI=1S/C13H25N3O6S/c1-3-13(20-2,21-9-14-11(18)5-4-8-17)22-10-15-12(19)6-7-16-23/h8,16,23H,3-7,9-10H2,1-2H3,(H,14,18)(H,15,19). The highest BCUT2D eigenvalue weighted by Crippen LogP contribution is 2.17. The largest absolute Gasteiger partial charge is 0.333 e. The first kappa shape index (κ1) is 21.8. The lowest BCUT2D eigenvalue weighted by molar-refractivity contribution is -0.375. The SMILES string of the molecule is CCC(OC)(OCNC(=O)CCC=O)OCNC(=O)CCNS. The van der Waals surface area contributed by atoms with Crippen LogP contribution in [0.2, 0.25) is 0 Å². The summed E-state index contributed by atoms with van der Waals surface area (Å²) < 4.78 is 18.6. The molecule has 0 aromatic rings. The van der Waals surface area contributed by atoms with Gasteiger partial charge in [0, 0.05) is 39.3 Å². The number of ether oxygens (including phenoxy) is 3. The van der Waals surface area contributed by atoms with Crippen molar-refractivity contribution in [3.05, 3.63) is 0 Å². The number of amides is 2. The van der Waals surface area contributed by atoms with Gasteiger partial charge in [-0.15, -0.1) is 0 Å². The number of methoxy groups -OCH3 is 1. The van der Waals surface area contributed by atoms with Crippen molar-refractivity contribution in [2.24, 2.45) is 0 Å². The lowest BCUT2D eigenvalue weighted by Crippen LogP contribution is -2.44. The van der Waals surface area contributed by atoms with Crippen LogP contribution in [-0.4, -0.2) is 51.2 Å². The summed E-state index contributed by atoms with van der Waals surface area (Å²) in [7, 11) is 1.39. The zero-order valence-corrected chi connectivity index (χ0v) is 14.3. The Kier molecular flexibility index (Phi) is 12.6. The smallest absolute Gasteiger partial charge is 0.285 e. The van der Waals surface area contributed by atoms with Crippen molar-refractivity contribution in [1.82, 2.24) is 15.4 Å². The monoisotopic (exact) mass is 351 g/mol. The highest BCUT2D eigenvalue weighted by molar-refractivity contribution is 7.78. The summed E-state index contributed by atoms with van der Waals surface area (Å²) in [6.07, 6.45) is 1.50. The summed E-state index contributed by atoms with van der Waals surface area (Å²) in [5, 5.41) is 5.03. The molecule has 0 radical (unpaired) electrons. The van der Waals surface area contributed by atoms with E-state index in [9.17, 15) is 14.4 Å². The van der Waals surface area contributed by atoms with Crippen LogP contribution in [0.4, 0.5) is 0 Å². The van der Waals surface area contributed by atoms with E-state index in [0.717, 1.165) is 0 Å². The summed E-state index contributed by atoms with van der Waals surface area (Å²) >= 11 is 3.78. The predicted molar refractivity (Wildman–Crippen MR) is 85.1 cm³/mol. The summed E-state index contributed by atoms with van der Waals surface area (Å²) in [4.78, 5) is 33.0. The Morgan fingerprint density at radius 3 is 2.13 bits per heavy atom. The van der Waals surface area contributed by atoms with Crippen LogP contribution in [0.1, 0.15) is 32.6 Å². The molecular formula is C13H25N3O6S. The predicted octanol–water partition coefficient (Wildman–Crippen LogP) is -0.319. The topological polar surface area (TPSA) is 115 Å². The van der Waals surface area contributed by atoms with Gasteiger partial charge in [0.1, 0.15) is 19.7 Å². The summed E-state index contributed by atoms with van der Waals surface area (Å²) in [6, 6.07) is 0. The minimum atomic E-state index is -1.38. The molecule has 0 rings (SSSR count). The molecule has 3 N–H and O–H groups in total. The van der Waals surface area contributed by atoms with Crippen molar-refractivity contribution in [2.75, 3.05) is 27.1 Å². The first-order valence-electron chi connectivity index (χ1n) is 7.20. The molecule has 1 unspecified atom stereocenters. The Morgan fingerprint density at radius 1 is 1.13 bits per heavy atom. The van der Waals surface area contributed by atoms with Crippen molar-refractivity contribution in [3.8, 4) is 0 Å². The highest BCUT2D eigenvalue weighted by atomic mass is 32.1. The van der Waals surface area contributed by atoms with Crippen molar-refractivity contribution in [2.45, 2.75) is 38.6 Å². The van der Waals surface area contributed by atoms with Gasteiger partial charge >= 0.3 is 0 Å². The van der Waals surface area contributed by atoms with Gasteiger partial charge < -0.3 is 29.6 Å². The molecule has 0 aliphatic rings. The Bertz CT molecular complexity index is 366. The van der Waals surface area contributed by atoms with Gasteiger partial charge in [0.2, 0.25) is 11.8 Å². The molecule has 2 amide bonds. The Balaban J connectivity index is 4.16. The molecule has 0 aromatic carbocycles. The van der Waals surface area contributed by atoms with Crippen LogP contribution in [0.15, 0.2) is 0 Å². The second-order valence-electron chi connectivity index (χ2n) is 4.38. The molecule has 0 aliphatic heterocycles. The number of hydrogen-bond donors (Lipinski definition) is 4. The molecule has 134 valence electrons. The molecule has 23 heavy (non-hydrogen) atoms. The maximum atomic E-state index is 11.4. The molecule has 0 saturated carbocycles. The number of carbonyl (C=O) groups is 3. The molecule has 0 aliphatic carbocycles. The van der Waals surface area contributed by atoms with Crippen LogP contribution in [-0.2, 0) is 28.6 Å². The third kappa shape index (κ3) is 10.2. The number of aldehydes is 1. The third-order valence-corrected chi connectivity index (χ3v) is 3.04. The molecule has 10 heteroatoms. The summed E-state index contributed by atoms with van der Waals surface area (Å²) in [6.45, 7) is 1.95. The van der Waals surface area contributed by atoms with E-state index in [1.54, 1.807) is 6.92 Å². The van der Waals surface area contributed by atoms with E-state index in [1.165, 1.54) is 7.11 Å². The molecule has 9 nitrogen and oxygen atoms in total. The van der Waals surface area contributed by atoms with Gasteiger partial charge in [-0.1, -0.05) is 19.7 Å². The van der Waals surface area contributed by atoms with E-state index >= 15 is 0 Å². The van der Waals surface area contributed by atoms with Gasteiger partial charge in [-0.2, -0.15) is 0 Å². The fourth-order valence-electron chi connectivity index (χ4n) is 1.50. The van der Waals surface area contributed by atoms with Crippen LogP contribution < -0.4 is 15.4 Å². The van der Waals surface area contributed by atoms with Gasteiger partial charge in [-0.3, -0.25) is 14.3 Å². The van der Waals surface area contributed by atoms with E-state index in [0.29, 0.717) is 19.3 Å². The van der Waals surface area contributed by atoms with Crippen molar-refractivity contribution in [1.29, 1.82) is 0 Å². The minimum absolute atomic E-state index is 0.0923. The van der Waals surface area contributed by atoms with Gasteiger partial charge in [0.15, 0.2) is 0 Å². The normalized spacial score (nSPS) is 13.2. The van der Waals surface area contributed by atoms with Crippen LogP contribution in [0, 0.1) is 0 Å². The number of nitrogens with one attached hydrogen (secondary N) is 3. The zero-order valence-electron chi connectivity index (χ0n) is 13.4. The number of hydrogen-bond acceptors (Lipinski definition) is 8. The van der Waals surface area contributed by atoms with E-state index in [-0.39, 0.29) is 44.5 Å². The van der Waals surface area contributed by atoms with Gasteiger partial charge in [0.05, 0.1) is 0 Å². The summed E-state index contributed by atoms with van der Waals surface area (Å²) in [5.41, 5.74) is 0. The lowest BCUT2D eigenvalue weighted by Gasteiger charge is -2.30. The summed E-state index contributed by atoms with van der Waals surface area (Å²) in [5.74, 6) is -1.91. The second kappa shape index (κ2) is 13.3. The minimum Gasteiger partial charge on any atom is -0.333 e. The van der Waals surface area contributed by atoms with Gasteiger partial charge in [-0.05, 0) is 0 Å². The van der Waals surface area contributed by atoms with Gasteiger partial charge in [0.25, 0.3) is 5.97 Å². The average Bonchev–Trinajstić information content (AvgIpc) is 2.56. The third-order valence-electron chi connectivity index (χ3n) is 2.82. The molecular weight excluding hydrogens is 326 g/mol. The van der Waals surface area contributed by atoms with Crippen molar-refractivity contribution >= 4 is 30.9 Å². The molecule has 0 aromatic heterocycles. The number of rotatable bonds is 14. The average molecular weight is 351 g/mol. The van der Waals surface area contributed by atoms with Crippen molar-refractivity contribution in [3.63, 3.8) is 0 Å². The van der Waals surface area contributed by atoms with Crippen LogP contribution in [0.3, 0.4) is 0 Å². The number of thiol groups is 1. The van der Waals surface area contributed by atoms with E-state index in [4.69, 9.17) is 14.2 Å². The highest BCUT2D eigenvalue weighted by Gasteiger charge is 2.30. The van der Waals surface area contributed by atoms with Gasteiger partial charge in [-0.25, -0.2) is 0 Å². The molecule has 0 bridgehead atoms. The van der Waals surface area contributed by atoms with Crippen LogP contribution >= 0.6 is 12.8 Å². The van der Waals surface area contributed by atoms with E-state index in [1.807, 2.05) is 0 Å². The van der Waals surface area contributed by atoms with Crippen LogP contribution in [0.25, 0.3) is 0 Å². The quantitative estimate of drug-likeness (QED) is 0.193. The number of carbonyl (C=O) groups excluding carboxylic acids is 3. The Morgan fingerprint density at radius 2 is 1.70 bits per heavy atom. The molecule has 0 heterocycles. The molecule has 0 fully saturated rings. The zero-order chi connectivity index (χ0) is 17.6. The lowest BCUT2D eigenvalue weighted by atomic mass is 10.3. The fourth-order valence-corrected chi connectivity index (χ4v) is 1.61. The molecule has 1 atom stereocenters. The Labute approximate surface area is 141 Å². The molecule has 0 spiro atoms.